The van der Waals surface area contributed by atoms with Gasteiger partial charge in [0.1, 0.15) is 0 Å². The molecule has 2 aromatic rings. The zero-order valence-electron chi connectivity index (χ0n) is 10.5. The van der Waals surface area contributed by atoms with E-state index < -0.39 is 0 Å². The Kier molecular flexibility index (Phi) is 2.34. The lowest BCUT2D eigenvalue weighted by Crippen LogP contribution is -2.12. The van der Waals surface area contributed by atoms with Gasteiger partial charge in [-0.2, -0.15) is 0 Å². The van der Waals surface area contributed by atoms with Gasteiger partial charge in [0.2, 0.25) is 5.78 Å². The van der Waals surface area contributed by atoms with Crippen LogP contribution in [-0.2, 0) is 16.0 Å². The van der Waals surface area contributed by atoms with Crippen molar-refractivity contribution in [3.63, 3.8) is 0 Å². The van der Waals surface area contributed by atoms with Gasteiger partial charge in [-0.15, -0.1) is 0 Å². The van der Waals surface area contributed by atoms with Crippen molar-refractivity contribution < 1.29 is 9.59 Å². The number of aldehydes is 1. The Morgan fingerprint density at radius 2 is 1.78 bits per heavy atom. The number of benzene rings is 2. The van der Waals surface area contributed by atoms with E-state index in [2.05, 4.69) is 26.0 Å². The molecule has 0 heterocycles. The molecule has 2 aromatic carbocycles. The fourth-order valence-corrected chi connectivity index (χ4v) is 3.10. The molecule has 0 aliphatic heterocycles. The first-order chi connectivity index (χ1) is 8.63. The molecule has 0 saturated carbocycles. The smallest absolute Gasteiger partial charge is 0.202 e. The lowest BCUT2D eigenvalue weighted by molar-refractivity contribution is -0.130. The van der Waals surface area contributed by atoms with E-state index in [1.807, 2.05) is 12.1 Å². The molecule has 0 bridgehead atoms. The molecule has 2 heteroatoms. The van der Waals surface area contributed by atoms with Crippen LogP contribution in [0, 0.1) is 13.8 Å². The molecule has 0 aromatic heterocycles. The average Bonchev–Trinajstić information content (AvgIpc) is 2.74. The zero-order valence-corrected chi connectivity index (χ0v) is 10.5. The minimum Gasteiger partial charge on any atom is -0.295 e. The zero-order chi connectivity index (χ0) is 12.9. The number of rotatable bonds is 2. The van der Waals surface area contributed by atoms with E-state index in [4.69, 9.17) is 0 Å². The largest absolute Gasteiger partial charge is 0.295 e. The van der Waals surface area contributed by atoms with Gasteiger partial charge in [-0.05, 0) is 53.3 Å². The Morgan fingerprint density at radius 1 is 1.11 bits per heavy atom. The molecule has 90 valence electrons. The number of carbonyl (C=O) groups excluding carboxylic acids is 2. The quantitative estimate of drug-likeness (QED) is 0.595. The molecule has 0 saturated heterocycles. The first-order valence-electron chi connectivity index (χ1n) is 6.14. The Hall–Kier alpha value is -1.96. The molecule has 3 rings (SSSR count). The van der Waals surface area contributed by atoms with Gasteiger partial charge in [-0.3, -0.25) is 9.59 Å². The third kappa shape index (κ3) is 1.35. The van der Waals surface area contributed by atoms with Crippen LogP contribution >= 0.6 is 0 Å². The number of Topliss-reactive ketones (excluding diaryl/α,β-unsaturated/α-hetero) is 1. The summed E-state index contributed by atoms with van der Waals surface area (Å²) >= 11 is 0. The normalized spacial score (nSPS) is 17.1. The van der Waals surface area contributed by atoms with Gasteiger partial charge in [-0.1, -0.05) is 24.3 Å². The highest BCUT2D eigenvalue weighted by atomic mass is 16.2. The molecular formula is C16H14O2. The fraction of sp³-hybridized carbons (Fsp3) is 0.250. The van der Waals surface area contributed by atoms with Crippen LogP contribution in [-0.4, -0.2) is 12.1 Å². The van der Waals surface area contributed by atoms with Crippen LogP contribution < -0.4 is 0 Å². The van der Waals surface area contributed by atoms with Crippen LogP contribution in [0.4, 0.5) is 0 Å². The summed E-state index contributed by atoms with van der Waals surface area (Å²) in [5.41, 5.74) is 4.67. The molecule has 0 radical (unpaired) electrons. The maximum absolute atomic E-state index is 11.7. The molecule has 1 aliphatic rings. The van der Waals surface area contributed by atoms with E-state index in [0.29, 0.717) is 12.7 Å². The van der Waals surface area contributed by atoms with E-state index in [9.17, 15) is 9.59 Å². The molecule has 2 nitrogen and oxygen atoms in total. The minimum absolute atomic E-state index is 0.276. The molecular weight excluding hydrogens is 224 g/mol. The fourth-order valence-electron chi connectivity index (χ4n) is 3.10. The molecule has 1 aliphatic carbocycles. The first-order valence-corrected chi connectivity index (χ1v) is 6.14. The highest BCUT2D eigenvalue weighted by molar-refractivity contribution is 6.28. The highest BCUT2D eigenvalue weighted by Crippen LogP contribution is 2.40. The van der Waals surface area contributed by atoms with Gasteiger partial charge >= 0.3 is 0 Å². The van der Waals surface area contributed by atoms with Gasteiger partial charge < -0.3 is 0 Å². The number of hydrogen-bond acceptors (Lipinski definition) is 2. The summed E-state index contributed by atoms with van der Waals surface area (Å²) in [5.74, 6) is -0.587. The third-order valence-corrected chi connectivity index (χ3v) is 3.95. The van der Waals surface area contributed by atoms with Gasteiger partial charge in [0.15, 0.2) is 6.29 Å². The van der Waals surface area contributed by atoms with Crippen molar-refractivity contribution in [3.05, 3.63) is 46.5 Å². The third-order valence-electron chi connectivity index (χ3n) is 3.95. The summed E-state index contributed by atoms with van der Waals surface area (Å²) in [6, 6.07) is 8.23. The van der Waals surface area contributed by atoms with Crippen molar-refractivity contribution in [1.29, 1.82) is 0 Å². The predicted octanol–water partition coefficient (Wildman–Crippen LogP) is 2.86. The van der Waals surface area contributed by atoms with Crippen molar-refractivity contribution >= 4 is 22.8 Å². The molecule has 1 unspecified atom stereocenters. The SMILES string of the molecule is Cc1ccc2c3c(ccc(C)c13)C(C(=O)C=O)C2. The molecule has 0 fully saturated rings. The number of ketones is 1. The first kappa shape index (κ1) is 11.1. The van der Waals surface area contributed by atoms with E-state index >= 15 is 0 Å². The topological polar surface area (TPSA) is 34.1 Å². The predicted molar refractivity (Wildman–Crippen MR) is 70.9 cm³/mol. The van der Waals surface area contributed by atoms with Crippen molar-refractivity contribution in [2.75, 3.05) is 0 Å². The molecule has 0 amide bonds. The van der Waals surface area contributed by atoms with Crippen LogP contribution in [0.1, 0.15) is 28.2 Å². The standard InChI is InChI=1S/C16H14O2/c1-9-3-5-11-7-13(14(18)8-17)12-6-4-10(2)15(9)16(11)12/h3-6,8,13H,7H2,1-2H3. The maximum Gasteiger partial charge on any atom is 0.202 e. The Balaban J connectivity index is 2.36. The van der Waals surface area contributed by atoms with E-state index in [0.717, 1.165) is 5.56 Å². The second kappa shape index (κ2) is 3.77. The van der Waals surface area contributed by atoms with Gasteiger partial charge in [-0.25, -0.2) is 0 Å². The Labute approximate surface area is 106 Å². The highest BCUT2D eigenvalue weighted by Gasteiger charge is 2.30. The van der Waals surface area contributed by atoms with Crippen molar-refractivity contribution in [3.8, 4) is 0 Å². The van der Waals surface area contributed by atoms with Crippen molar-refractivity contribution in [2.24, 2.45) is 0 Å². The number of hydrogen-bond donors (Lipinski definition) is 0. The second-order valence-electron chi connectivity index (χ2n) is 5.04. The molecule has 18 heavy (non-hydrogen) atoms. The summed E-state index contributed by atoms with van der Waals surface area (Å²) < 4.78 is 0. The molecule has 0 N–H and O–H groups in total. The maximum atomic E-state index is 11.7. The summed E-state index contributed by atoms with van der Waals surface area (Å²) in [4.78, 5) is 22.5. The van der Waals surface area contributed by atoms with E-state index in [-0.39, 0.29) is 11.7 Å². The molecule has 0 spiro atoms. The average molecular weight is 238 g/mol. The molecule has 1 atom stereocenters. The number of aryl methyl sites for hydroxylation is 2. The monoisotopic (exact) mass is 238 g/mol. The minimum atomic E-state index is -0.311. The van der Waals surface area contributed by atoms with Crippen LogP contribution in [0.25, 0.3) is 10.8 Å². The summed E-state index contributed by atoms with van der Waals surface area (Å²) in [6.07, 6.45) is 1.11. The lowest BCUT2D eigenvalue weighted by Gasteiger charge is -2.09. The van der Waals surface area contributed by atoms with Crippen molar-refractivity contribution in [1.82, 2.24) is 0 Å². The summed E-state index contributed by atoms with van der Waals surface area (Å²) in [7, 11) is 0. The van der Waals surface area contributed by atoms with Crippen LogP contribution in [0.3, 0.4) is 0 Å². The van der Waals surface area contributed by atoms with E-state index in [1.165, 1.54) is 27.5 Å². The lowest BCUT2D eigenvalue weighted by atomic mass is 9.93. The Bertz CT molecular complexity index is 675. The van der Waals surface area contributed by atoms with Crippen LogP contribution in [0.15, 0.2) is 24.3 Å². The second-order valence-corrected chi connectivity index (χ2v) is 5.04. The van der Waals surface area contributed by atoms with Gasteiger partial charge in [0.25, 0.3) is 0 Å². The van der Waals surface area contributed by atoms with Gasteiger partial charge in [0.05, 0.1) is 5.92 Å². The Morgan fingerprint density at radius 3 is 2.44 bits per heavy atom. The summed E-state index contributed by atoms with van der Waals surface area (Å²) in [5, 5.41) is 2.43. The summed E-state index contributed by atoms with van der Waals surface area (Å²) in [6.45, 7) is 4.18. The van der Waals surface area contributed by atoms with Gasteiger partial charge in [0, 0.05) is 0 Å². The van der Waals surface area contributed by atoms with Crippen molar-refractivity contribution in [2.45, 2.75) is 26.2 Å². The van der Waals surface area contributed by atoms with Crippen LogP contribution in [0.5, 0.6) is 0 Å². The number of carbonyl (C=O) groups is 2. The van der Waals surface area contributed by atoms with E-state index in [1.54, 1.807) is 0 Å². The van der Waals surface area contributed by atoms with Crippen LogP contribution in [0.2, 0.25) is 0 Å².